The molecule has 0 atom stereocenters. The molecule has 1 aliphatic rings. The van der Waals surface area contributed by atoms with Crippen LogP contribution >= 0.6 is 23.1 Å². The summed E-state index contributed by atoms with van der Waals surface area (Å²) in [6.45, 7) is 2.01. The molecule has 0 saturated carbocycles. The molecule has 0 bridgehead atoms. The van der Waals surface area contributed by atoms with Crippen LogP contribution in [0.3, 0.4) is 0 Å². The average Bonchev–Trinajstić information content (AvgIpc) is 3.26. The predicted molar refractivity (Wildman–Crippen MR) is 141 cm³/mol. The third-order valence-electron chi connectivity index (χ3n) is 6.29. The zero-order valence-corrected chi connectivity index (χ0v) is 21.6. The van der Waals surface area contributed by atoms with Crippen LogP contribution in [-0.2, 0) is 12.8 Å². The fraction of sp³-hybridized carbons (Fsp3) is 0.296. The number of thioether (sulfide) groups is 1. The summed E-state index contributed by atoms with van der Waals surface area (Å²) in [5.74, 6) is 1.06. The van der Waals surface area contributed by atoms with Gasteiger partial charge in [0.25, 0.3) is 5.56 Å². The lowest BCUT2D eigenvalue weighted by atomic mass is 9.97. The quantitative estimate of drug-likeness (QED) is 0.184. The lowest BCUT2D eigenvalue weighted by Crippen LogP contribution is -2.22. The lowest BCUT2D eigenvalue weighted by molar-refractivity contribution is 0.101. The lowest BCUT2D eigenvalue weighted by Gasteiger charge is -2.14. The predicted octanol–water partition coefficient (Wildman–Crippen LogP) is 5.63. The maximum Gasteiger partial charge on any atom is 0.267 e. The van der Waals surface area contributed by atoms with Crippen molar-refractivity contribution in [1.29, 1.82) is 0 Å². The van der Waals surface area contributed by atoms with E-state index in [4.69, 9.17) is 14.5 Å². The van der Waals surface area contributed by atoms with E-state index >= 15 is 0 Å². The van der Waals surface area contributed by atoms with Crippen molar-refractivity contribution in [2.45, 2.75) is 37.8 Å². The number of aryl methyl sites for hydroxylation is 3. The molecule has 0 fully saturated rings. The first-order chi connectivity index (χ1) is 17.0. The molecule has 8 heteroatoms. The number of rotatable bonds is 7. The summed E-state index contributed by atoms with van der Waals surface area (Å²) in [7, 11) is 3.10. The van der Waals surface area contributed by atoms with Crippen LogP contribution in [0.1, 0.15) is 39.2 Å². The second kappa shape index (κ2) is 9.87. The molecular weight excluding hydrogens is 480 g/mol. The van der Waals surface area contributed by atoms with E-state index in [-0.39, 0.29) is 17.1 Å². The number of hydrogen-bond acceptors (Lipinski definition) is 7. The van der Waals surface area contributed by atoms with E-state index < -0.39 is 0 Å². The van der Waals surface area contributed by atoms with Crippen molar-refractivity contribution in [3.05, 3.63) is 74.4 Å². The molecular formula is C27H26N2O4S2. The zero-order chi connectivity index (χ0) is 24.5. The number of carbonyl (C=O) groups excluding carboxylic acids is 1. The second-order valence-corrected chi connectivity index (χ2v) is 10.6. The van der Waals surface area contributed by atoms with Crippen LogP contribution in [0.2, 0.25) is 0 Å². The van der Waals surface area contributed by atoms with Gasteiger partial charge < -0.3 is 9.47 Å². The Hall–Kier alpha value is -3.10. The minimum atomic E-state index is -0.124. The largest absolute Gasteiger partial charge is 0.497 e. The highest BCUT2D eigenvalue weighted by Gasteiger charge is 2.24. The van der Waals surface area contributed by atoms with Crippen molar-refractivity contribution in [1.82, 2.24) is 9.55 Å². The molecule has 2 aromatic carbocycles. The number of ether oxygens (including phenoxy) is 2. The maximum absolute atomic E-state index is 13.9. The topological polar surface area (TPSA) is 70.4 Å². The fourth-order valence-electron chi connectivity index (χ4n) is 4.44. The number of nitrogens with zero attached hydrogens (tertiary/aromatic N) is 2. The number of hydrogen-bond donors (Lipinski definition) is 0. The third kappa shape index (κ3) is 4.48. The Bertz CT molecular complexity index is 1470. The first-order valence-electron chi connectivity index (χ1n) is 11.5. The molecule has 0 amide bonds. The second-order valence-electron chi connectivity index (χ2n) is 8.54. The van der Waals surface area contributed by atoms with Crippen LogP contribution < -0.4 is 15.0 Å². The number of methoxy groups -OCH3 is 2. The molecule has 5 rings (SSSR count). The summed E-state index contributed by atoms with van der Waals surface area (Å²) in [6, 6.07) is 13.0. The van der Waals surface area contributed by atoms with Gasteiger partial charge in [0.1, 0.15) is 16.3 Å². The molecule has 180 valence electrons. The first kappa shape index (κ1) is 23.6. The number of thiophene rings is 1. The Morgan fingerprint density at radius 1 is 1.09 bits per heavy atom. The van der Waals surface area contributed by atoms with Crippen LogP contribution in [0.25, 0.3) is 15.9 Å². The Kier molecular flexibility index (Phi) is 6.67. The van der Waals surface area contributed by atoms with Crippen molar-refractivity contribution >= 4 is 39.1 Å². The van der Waals surface area contributed by atoms with Crippen molar-refractivity contribution in [2.24, 2.45) is 0 Å². The van der Waals surface area contributed by atoms with Crippen LogP contribution in [0.5, 0.6) is 11.5 Å². The SMILES string of the molecule is COc1ccc(OC)c(C(=O)CSc2nc3sc4c(c3c(=O)n2-c2ccc(C)cc2)CCCC4)c1. The summed E-state index contributed by atoms with van der Waals surface area (Å²) in [4.78, 5) is 34.0. The minimum absolute atomic E-state index is 0.0628. The number of benzene rings is 2. The summed E-state index contributed by atoms with van der Waals surface area (Å²) in [5.41, 5.74) is 3.39. The maximum atomic E-state index is 13.9. The third-order valence-corrected chi connectivity index (χ3v) is 8.41. The van der Waals surface area contributed by atoms with E-state index in [0.717, 1.165) is 52.7 Å². The number of Topliss-reactive ketones (excluding diaryl/α,β-unsaturated/α-hetero) is 1. The van der Waals surface area contributed by atoms with E-state index in [1.807, 2.05) is 31.2 Å². The van der Waals surface area contributed by atoms with Gasteiger partial charge in [0, 0.05) is 4.88 Å². The zero-order valence-electron chi connectivity index (χ0n) is 19.9. The number of carbonyl (C=O) groups is 1. The molecule has 0 N–H and O–H groups in total. The molecule has 4 aromatic rings. The van der Waals surface area contributed by atoms with Gasteiger partial charge in [-0.25, -0.2) is 4.98 Å². The first-order valence-corrected chi connectivity index (χ1v) is 13.3. The van der Waals surface area contributed by atoms with Crippen molar-refractivity contribution in [3.63, 3.8) is 0 Å². The fourth-order valence-corrected chi connectivity index (χ4v) is 6.64. The van der Waals surface area contributed by atoms with E-state index in [1.165, 1.54) is 23.7 Å². The molecule has 6 nitrogen and oxygen atoms in total. The summed E-state index contributed by atoms with van der Waals surface area (Å²) in [5, 5.41) is 1.25. The van der Waals surface area contributed by atoms with E-state index in [0.29, 0.717) is 22.2 Å². The Labute approximate surface area is 211 Å². The van der Waals surface area contributed by atoms with E-state index in [9.17, 15) is 9.59 Å². The highest BCUT2D eigenvalue weighted by molar-refractivity contribution is 7.99. The number of aromatic nitrogens is 2. The van der Waals surface area contributed by atoms with Gasteiger partial charge in [-0.1, -0.05) is 29.5 Å². The van der Waals surface area contributed by atoms with Crippen molar-refractivity contribution in [3.8, 4) is 17.2 Å². The van der Waals surface area contributed by atoms with E-state index in [1.54, 1.807) is 41.2 Å². The average molecular weight is 507 g/mol. The smallest absolute Gasteiger partial charge is 0.267 e. The molecule has 0 radical (unpaired) electrons. The van der Waals surface area contributed by atoms with Crippen LogP contribution in [-0.4, -0.2) is 35.3 Å². The molecule has 1 aliphatic carbocycles. The molecule has 2 aromatic heterocycles. The molecule has 35 heavy (non-hydrogen) atoms. The van der Waals surface area contributed by atoms with Gasteiger partial charge in [-0.15, -0.1) is 11.3 Å². The molecule has 0 unspecified atom stereocenters. The molecule has 0 aliphatic heterocycles. The Balaban J connectivity index is 1.58. The van der Waals surface area contributed by atoms with Gasteiger partial charge in [-0.3, -0.25) is 14.2 Å². The molecule has 0 spiro atoms. The van der Waals surface area contributed by atoms with Crippen LogP contribution in [0, 0.1) is 6.92 Å². The standard InChI is InChI=1S/C27H26N2O4S2/c1-16-8-10-17(11-9-16)29-26(31)24-19-6-4-5-7-23(19)35-25(24)28-27(29)34-15-21(30)20-14-18(32-2)12-13-22(20)33-3/h8-14H,4-7,15H2,1-3H3. The highest BCUT2D eigenvalue weighted by Crippen LogP contribution is 2.35. The van der Waals surface area contributed by atoms with Gasteiger partial charge in [-0.2, -0.15) is 0 Å². The van der Waals surface area contributed by atoms with Crippen molar-refractivity contribution < 1.29 is 14.3 Å². The Morgan fingerprint density at radius 2 is 1.86 bits per heavy atom. The summed E-state index contributed by atoms with van der Waals surface area (Å²) < 4.78 is 12.3. The Morgan fingerprint density at radius 3 is 2.60 bits per heavy atom. The summed E-state index contributed by atoms with van der Waals surface area (Å²) in [6.07, 6.45) is 4.15. The normalized spacial score (nSPS) is 13.0. The number of ketones is 1. The molecule has 2 heterocycles. The van der Waals surface area contributed by atoms with Gasteiger partial charge in [0.05, 0.1) is 36.6 Å². The van der Waals surface area contributed by atoms with Crippen LogP contribution in [0.4, 0.5) is 0 Å². The minimum Gasteiger partial charge on any atom is -0.497 e. The summed E-state index contributed by atoms with van der Waals surface area (Å²) >= 11 is 2.89. The molecule has 0 saturated heterocycles. The van der Waals surface area contributed by atoms with Crippen molar-refractivity contribution in [2.75, 3.05) is 20.0 Å². The van der Waals surface area contributed by atoms with Gasteiger partial charge in [0.15, 0.2) is 10.9 Å². The van der Waals surface area contributed by atoms with Crippen LogP contribution in [0.15, 0.2) is 52.4 Å². The highest BCUT2D eigenvalue weighted by atomic mass is 32.2. The monoisotopic (exact) mass is 506 g/mol. The number of fused-ring (bicyclic) bond motifs is 3. The van der Waals surface area contributed by atoms with E-state index in [2.05, 4.69) is 0 Å². The van der Waals surface area contributed by atoms with Gasteiger partial charge in [-0.05, 0) is 68.5 Å². The van der Waals surface area contributed by atoms with Gasteiger partial charge >= 0.3 is 0 Å². The van der Waals surface area contributed by atoms with Gasteiger partial charge in [0.2, 0.25) is 0 Å².